The molecular formula is C50H78O6. The molecule has 0 unspecified atom stereocenters. The first-order valence-corrected chi connectivity index (χ1v) is 20.8. The van der Waals surface area contributed by atoms with E-state index in [1.165, 1.54) is 16.7 Å². The monoisotopic (exact) mass is 775 g/mol. The van der Waals surface area contributed by atoms with Crippen molar-refractivity contribution in [1.29, 1.82) is 0 Å². The van der Waals surface area contributed by atoms with Gasteiger partial charge in [-0.15, -0.1) is 0 Å². The Morgan fingerprint density at radius 2 is 0.696 bits per heavy atom. The summed E-state index contributed by atoms with van der Waals surface area (Å²) < 4.78 is 19.0. The first-order valence-electron chi connectivity index (χ1n) is 20.8. The Hall–Kier alpha value is -3.06. The van der Waals surface area contributed by atoms with Gasteiger partial charge in [0.1, 0.15) is 37.1 Å². The smallest absolute Gasteiger partial charge is 0.126 e. The fourth-order valence-corrected chi connectivity index (χ4v) is 9.30. The van der Waals surface area contributed by atoms with E-state index in [2.05, 4.69) is 152 Å². The minimum atomic E-state index is -0.170. The lowest BCUT2D eigenvalue weighted by Gasteiger charge is -2.35. The van der Waals surface area contributed by atoms with E-state index in [1.807, 2.05) is 0 Å². The summed E-state index contributed by atoms with van der Waals surface area (Å²) in [6, 6.07) is 17.6. The minimum Gasteiger partial charge on any atom is -0.491 e. The molecule has 3 rings (SSSR count). The predicted octanol–water partition coefficient (Wildman–Crippen LogP) is 11.1. The molecule has 0 saturated carbocycles. The SMILES string of the molecule is CC(C)(C)CC(C)(C)c1ccc(OCCO)c(Cc2cc(C(C)(C)CC(C)(C)C)cc(Cc3cc(C(C)(C)CC(C)(C)C)ccc3OCCO)c2OCCO)c1. The summed E-state index contributed by atoms with van der Waals surface area (Å²) in [5.41, 5.74) is 7.83. The molecule has 3 aromatic rings. The zero-order valence-electron chi connectivity index (χ0n) is 38.0. The Kier molecular flexibility index (Phi) is 15.8. The van der Waals surface area contributed by atoms with Crippen LogP contribution in [0.5, 0.6) is 17.2 Å². The van der Waals surface area contributed by atoms with Crippen molar-refractivity contribution in [2.24, 2.45) is 16.2 Å². The fourth-order valence-electron chi connectivity index (χ4n) is 9.30. The Bertz CT molecular complexity index is 1600. The number of ether oxygens (including phenoxy) is 3. The molecule has 3 aromatic carbocycles. The topological polar surface area (TPSA) is 88.4 Å². The predicted molar refractivity (Wildman–Crippen MR) is 234 cm³/mol. The van der Waals surface area contributed by atoms with E-state index in [9.17, 15) is 15.3 Å². The molecule has 0 amide bonds. The van der Waals surface area contributed by atoms with Gasteiger partial charge in [0.05, 0.1) is 19.8 Å². The van der Waals surface area contributed by atoms with Gasteiger partial charge < -0.3 is 29.5 Å². The van der Waals surface area contributed by atoms with Crippen LogP contribution in [0.15, 0.2) is 48.5 Å². The Morgan fingerprint density at radius 1 is 0.393 bits per heavy atom. The van der Waals surface area contributed by atoms with E-state index in [0.29, 0.717) is 12.8 Å². The second-order valence-corrected chi connectivity index (χ2v) is 21.7. The van der Waals surface area contributed by atoms with Gasteiger partial charge in [0.25, 0.3) is 0 Å². The third kappa shape index (κ3) is 14.1. The van der Waals surface area contributed by atoms with E-state index in [-0.39, 0.29) is 72.1 Å². The van der Waals surface area contributed by atoms with Gasteiger partial charge in [0.2, 0.25) is 0 Å². The summed E-state index contributed by atoms with van der Waals surface area (Å²) in [6.45, 7) is 34.8. The minimum absolute atomic E-state index is 0.0749. The quantitative estimate of drug-likeness (QED) is 0.112. The van der Waals surface area contributed by atoms with Crippen LogP contribution in [-0.2, 0) is 29.1 Å². The second kappa shape index (κ2) is 18.7. The summed E-state index contributed by atoms with van der Waals surface area (Å²) in [7, 11) is 0. The van der Waals surface area contributed by atoms with Crippen molar-refractivity contribution >= 4 is 0 Å². The summed E-state index contributed by atoms with van der Waals surface area (Å²) in [5.74, 6) is 2.25. The van der Waals surface area contributed by atoms with Crippen molar-refractivity contribution in [3.05, 3.63) is 87.5 Å². The number of rotatable bonds is 19. The largest absolute Gasteiger partial charge is 0.491 e. The maximum Gasteiger partial charge on any atom is 0.126 e. The number of aliphatic hydroxyl groups is 3. The Labute approximate surface area is 341 Å². The molecule has 0 fully saturated rings. The molecule has 0 aliphatic heterocycles. The number of hydrogen-bond acceptors (Lipinski definition) is 6. The maximum atomic E-state index is 10.1. The van der Waals surface area contributed by atoms with Gasteiger partial charge in [-0.05, 0) is 103 Å². The van der Waals surface area contributed by atoms with E-state index < -0.39 is 0 Å². The molecule has 6 heteroatoms. The van der Waals surface area contributed by atoms with Crippen molar-refractivity contribution in [3.8, 4) is 17.2 Å². The molecule has 0 aromatic heterocycles. The molecule has 0 aliphatic carbocycles. The zero-order chi connectivity index (χ0) is 42.3. The van der Waals surface area contributed by atoms with Crippen LogP contribution in [0.2, 0.25) is 0 Å². The first kappa shape index (κ1) is 47.3. The highest BCUT2D eigenvalue weighted by Crippen LogP contribution is 2.44. The third-order valence-corrected chi connectivity index (χ3v) is 10.4. The summed E-state index contributed by atoms with van der Waals surface area (Å²) in [5, 5.41) is 29.6. The van der Waals surface area contributed by atoms with E-state index in [1.54, 1.807) is 0 Å². The molecule has 0 saturated heterocycles. The van der Waals surface area contributed by atoms with Gasteiger partial charge in [0.15, 0.2) is 0 Å². The first-order chi connectivity index (χ1) is 25.7. The highest BCUT2D eigenvalue weighted by molar-refractivity contribution is 5.54. The van der Waals surface area contributed by atoms with Crippen LogP contribution in [0, 0.1) is 16.2 Å². The van der Waals surface area contributed by atoms with E-state index in [4.69, 9.17) is 14.2 Å². The van der Waals surface area contributed by atoms with Crippen LogP contribution >= 0.6 is 0 Å². The number of hydrogen-bond donors (Lipinski definition) is 3. The lowest BCUT2D eigenvalue weighted by molar-refractivity contribution is 0.198. The molecule has 0 atom stereocenters. The van der Waals surface area contributed by atoms with Crippen LogP contribution < -0.4 is 14.2 Å². The van der Waals surface area contributed by atoms with Crippen LogP contribution in [0.25, 0.3) is 0 Å². The molecule has 56 heavy (non-hydrogen) atoms. The van der Waals surface area contributed by atoms with Crippen molar-refractivity contribution in [2.45, 2.75) is 152 Å². The summed E-state index contributed by atoms with van der Waals surface area (Å²) in [6.07, 6.45) is 4.07. The lowest BCUT2D eigenvalue weighted by Crippen LogP contribution is -2.26. The standard InChI is InChI=1S/C50H78O6/c1-45(2,3)32-48(10,11)39-16-18-42(54-23-20-51)35(28-39)26-37-30-41(50(14,15)34-47(7,8)9)31-38(44(37)56-25-22-53)27-36-29-40(17-19-43(36)55-24-21-52)49(12,13)33-46(4,5)6/h16-19,28-31,51-53H,20-27,32-34H2,1-15H3. The van der Waals surface area contributed by atoms with Crippen molar-refractivity contribution in [1.82, 2.24) is 0 Å². The van der Waals surface area contributed by atoms with Gasteiger partial charge >= 0.3 is 0 Å². The molecule has 0 aliphatic rings. The normalized spacial score (nSPS) is 13.2. The zero-order valence-corrected chi connectivity index (χ0v) is 38.0. The van der Waals surface area contributed by atoms with Gasteiger partial charge in [-0.2, -0.15) is 0 Å². The van der Waals surface area contributed by atoms with Crippen LogP contribution in [0.3, 0.4) is 0 Å². The van der Waals surface area contributed by atoms with E-state index >= 15 is 0 Å². The molecule has 6 nitrogen and oxygen atoms in total. The van der Waals surface area contributed by atoms with Crippen molar-refractivity contribution in [2.75, 3.05) is 39.6 Å². The van der Waals surface area contributed by atoms with Crippen LogP contribution in [-0.4, -0.2) is 55.0 Å². The highest BCUT2D eigenvalue weighted by atomic mass is 16.5. The molecule has 3 N–H and O–H groups in total. The summed E-state index contributed by atoms with van der Waals surface area (Å²) in [4.78, 5) is 0. The third-order valence-electron chi connectivity index (χ3n) is 10.4. The van der Waals surface area contributed by atoms with Gasteiger partial charge in [-0.1, -0.05) is 140 Å². The van der Waals surface area contributed by atoms with Crippen molar-refractivity contribution < 1.29 is 29.5 Å². The van der Waals surface area contributed by atoms with E-state index in [0.717, 1.165) is 58.8 Å². The maximum absolute atomic E-state index is 10.1. The second-order valence-electron chi connectivity index (χ2n) is 21.7. The number of aliphatic hydroxyl groups excluding tert-OH is 3. The van der Waals surface area contributed by atoms with Crippen LogP contribution in [0.4, 0.5) is 0 Å². The van der Waals surface area contributed by atoms with Crippen LogP contribution in [0.1, 0.15) is 162 Å². The van der Waals surface area contributed by atoms with Crippen molar-refractivity contribution in [3.63, 3.8) is 0 Å². The molecular weight excluding hydrogens is 697 g/mol. The molecule has 0 spiro atoms. The Balaban J connectivity index is 2.38. The summed E-state index contributed by atoms with van der Waals surface area (Å²) >= 11 is 0. The van der Waals surface area contributed by atoms with Gasteiger partial charge in [-0.3, -0.25) is 0 Å². The van der Waals surface area contributed by atoms with Gasteiger partial charge in [0, 0.05) is 12.8 Å². The Morgan fingerprint density at radius 3 is 1.02 bits per heavy atom. The lowest BCUT2D eigenvalue weighted by atomic mass is 9.71. The van der Waals surface area contributed by atoms with Gasteiger partial charge in [-0.25, -0.2) is 0 Å². The average Bonchev–Trinajstić information content (AvgIpc) is 3.03. The molecule has 0 radical (unpaired) electrons. The molecule has 0 bridgehead atoms. The molecule has 314 valence electrons. The highest BCUT2D eigenvalue weighted by Gasteiger charge is 2.32. The fraction of sp³-hybridized carbons (Fsp3) is 0.640. The average molecular weight is 775 g/mol. The number of benzene rings is 3. The molecule has 0 heterocycles.